The second-order valence-corrected chi connectivity index (χ2v) is 3.50. The van der Waals surface area contributed by atoms with Crippen molar-refractivity contribution in [2.75, 3.05) is 6.61 Å². The predicted octanol–water partition coefficient (Wildman–Crippen LogP) is 0.530. The summed E-state index contributed by atoms with van der Waals surface area (Å²) in [7, 11) is 0. The fourth-order valence-electron chi connectivity index (χ4n) is 1.11. The van der Waals surface area contributed by atoms with E-state index in [1.165, 1.54) is 0 Å². The van der Waals surface area contributed by atoms with Gasteiger partial charge < -0.3 is 10.2 Å². The molecule has 0 amide bonds. The summed E-state index contributed by atoms with van der Waals surface area (Å²) < 4.78 is 0. The van der Waals surface area contributed by atoms with Gasteiger partial charge in [-0.25, -0.2) is 0 Å². The fraction of sp³-hybridized carbons (Fsp3) is 1.00. The van der Waals surface area contributed by atoms with E-state index in [9.17, 15) is 5.11 Å². The van der Waals surface area contributed by atoms with Crippen LogP contribution in [0.4, 0.5) is 0 Å². The number of hydrogen-bond acceptors (Lipinski definition) is 2. The van der Waals surface area contributed by atoms with E-state index in [0.29, 0.717) is 0 Å². The maximum absolute atomic E-state index is 9.45. The lowest BCUT2D eigenvalue weighted by atomic mass is 9.89. The molecule has 1 rings (SSSR count). The van der Waals surface area contributed by atoms with Gasteiger partial charge >= 0.3 is 0 Å². The first-order valence-corrected chi connectivity index (χ1v) is 3.35. The van der Waals surface area contributed by atoms with Crippen LogP contribution < -0.4 is 0 Å². The quantitative estimate of drug-likeness (QED) is 0.572. The third-order valence-corrected chi connectivity index (χ3v) is 2.45. The van der Waals surface area contributed by atoms with Gasteiger partial charge in [-0.05, 0) is 26.7 Å². The van der Waals surface area contributed by atoms with Crippen LogP contribution >= 0.6 is 0 Å². The van der Waals surface area contributed by atoms with Crippen molar-refractivity contribution in [1.29, 1.82) is 0 Å². The zero-order chi connectivity index (χ0) is 7.12. The molecule has 0 heterocycles. The number of aliphatic hydroxyl groups is 2. The topological polar surface area (TPSA) is 40.5 Å². The maximum Gasteiger partial charge on any atom is 0.0669 e. The lowest BCUT2D eigenvalue weighted by molar-refractivity contribution is -0.0244. The van der Waals surface area contributed by atoms with Crippen LogP contribution in [0.15, 0.2) is 0 Å². The van der Waals surface area contributed by atoms with Gasteiger partial charge in [-0.15, -0.1) is 0 Å². The molecule has 1 saturated carbocycles. The van der Waals surface area contributed by atoms with Gasteiger partial charge in [-0.1, -0.05) is 0 Å². The average molecular weight is 130 g/mol. The SMILES string of the molecule is CC(C)(O)C1(CO)CC1. The Kier molecular flexibility index (Phi) is 1.33. The summed E-state index contributed by atoms with van der Waals surface area (Å²) in [5.41, 5.74) is -0.852. The zero-order valence-electron chi connectivity index (χ0n) is 6.02. The van der Waals surface area contributed by atoms with Crippen molar-refractivity contribution in [2.24, 2.45) is 5.41 Å². The Hall–Kier alpha value is -0.0800. The highest BCUT2D eigenvalue weighted by atomic mass is 16.3. The molecule has 0 atom stereocenters. The molecule has 0 aromatic rings. The maximum atomic E-state index is 9.45. The highest BCUT2D eigenvalue weighted by Crippen LogP contribution is 2.53. The number of rotatable bonds is 2. The van der Waals surface area contributed by atoms with Crippen LogP contribution in [0.25, 0.3) is 0 Å². The van der Waals surface area contributed by atoms with Crippen LogP contribution in [0.3, 0.4) is 0 Å². The van der Waals surface area contributed by atoms with E-state index in [1.807, 2.05) is 0 Å². The van der Waals surface area contributed by atoms with Gasteiger partial charge in [-0.3, -0.25) is 0 Å². The van der Waals surface area contributed by atoms with E-state index in [0.717, 1.165) is 12.8 Å². The summed E-state index contributed by atoms with van der Waals surface area (Å²) in [5.74, 6) is 0. The van der Waals surface area contributed by atoms with E-state index < -0.39 is 5.60 Å². The molecule has 1 aliphatic rings. The van der Waals surface area contributed by atoms with Crippen molar-refractivity contribution < 1.29 is 10.2 Å². The standard InChI is InChI=1S/C7H14O2/c1-6(2,9)7(5-8)3-4-7/h8-9H,3-5H2,1-2H3. The summed E-state index contributed by atoms with van der Waals surface area (Å²) in [4.78, 5) is 0. The van der Waals surface area contributed by atoms with Crippen molar-refractivity contribution in [2.45, 2.75) is 32.3 Å². The molecule has 2 nitrogen and oxygen atoms in total. The van der Waals surface area contributed by atoms with Gasteiger partial charge in [0.2, 0.25) is 0 Å². The van der Waals surface area contributed by atoms with Gasteiger partial charge in [0.1, 0.15) is 0 Å². The first kappa shape index (κ1) is 7.03. The van der Waals surface area contributed by atoms with Crippen molar-refractivity contribution in [3.8, 4) is 0 Å². The highest BCUT2D eigenvalue weighted by Gasteiger charge is 2.53. The molecule has 0 aromatic heterocycles. The van der Waals surface area contributed by atoms with Crippen molar-refractivity contribution >= 4 is 0 Å². The molecule has 0 spiro atoms. The van der Waals surface area contributed by atoms with Crippen LogP contribution in [0, 0.1) is 5.41 Å². The summed E-state index contributed by atoms with van der Waals surface area (Å²) in [6, 6.07) is 0. The Morgan fingerprint density at radius 2 is 1.89 bits per heavy atom. The number of aliphatic hydroxyl groups excluding tert-OH is 1. The van der Waals surface area contributed by atoms with Crippen LogP contribution in [0.1, 0.15) is 26.7 Å². The van der Waals surface area contributed by atoms with Crippen molar-refractivity contribution in [3.63, 3.8) is 0 Å². The van der Waals surface area contributed by atoms with Gasteiger partial charge in [0.25, 0.3) is 0 Å². The second-order valence-electron chi connectivity index (χ2n) is 3.50. The molecular formula is C7H14O2. The lowest BCUT2D eigenvalue weighted by Crippen LogP contribution is -2.35. The minimum atomic E-state index is -0.693. The normalized spacial score (nSPS) is 24.0. The molecule has 0 bridgehead atoms. The summed E-state index contributed by atoms with van der Waals surface area (Å²) >= 11 is 0. The minimum Gasteiger partial charge on any atom is -0.396 e. The average Bonchev–Trinajstić information content (AvgIpc) is 2.40. The Balaban J connectivity index is 2.60. The van der Waals surface area contributed by atoms with Gasteiger partial charge in [0.15, 0.2) is 0 Å². The molecule has 0 saturated heterocycles. The first-order chi connectivity index (χ1) is 4.02. The zero-order valence-corrected chi connectivity index (χ0v) is 6.02. The van der Waals surface area contributed by atoms with E-state index in [-0.39, 0.29) is 12.0 Å². The third kappa shape index (κ3) is 0.970. The molecule has 1 aliphatic carbocycles. The highest BCUT2D eigenvalue weighted by molar-refractivity contribution is 5.03. The van der Waals surface area contributed by atoms with Gasteiger partial charge in [-0.2, -0.15) is 0 Å². The fourth-order valence-corrected chi connectivity index (χ4v) is 1.11. The van der Waals surface area contributed by atoms with Gasteiger partial charge in [0.05, 0.1) is 12.2 Å². The van der Waals surface area contributed by atoms with E-state index in [1.54, 1.807) is 13.8 Å². The molecule has 2 heteroatoms. The Morgan fingerprint density at radius 1 is 1.44 bits per heavy atom. The Morgan fingerprint density at radius 3 is 1.89 bits per heavy atom. The second kappa shape index (κ2) is 1.70. The van der Waals surface area contributed by atoms with E-state index in [4.69, 9.17) is 5.11 Å². The largest absolute Gasteiger partial charge is 0.396 e. The molecule has 54 valence electrons. The van der Waals surface area contributed by atoms with E-state index >= 15 is 0 Å². The van der Waals surface area contributed by atoms with Crippen LogP contribution in [0.2, 0.25) is 0 Å². The molecule has 0 radical (unpaired) electrons. The molecule has 0 aliphatic heterocycles. The van der Waals surface area contributed by atoms with Gasteiger partial charge in [0, 0.05) is 5.41 Å². The molecular weight excluding hydrogens is 116 g/mol. The Labute approximate surface area is 55.5 Å². The van der Waals surface area contributed by atoms with E-state index in [2.05, 4.69) is 0 Å². The molecule has 1 fully saturated rings. The van der Waals surface area contributed by atoms with Crippen LogP contribution in [-0.4, -0.2) is 22.4 Å². The summed E-state index contributed by atoms with van der Waals surface area (Å²) in [6.07, 6.45) is 1.93. The van der Waals surface area contributed by atoms with Crippen LogP contribution in [0.5, 0.6) is 0 Å². The third-order valence-electron chi connectivity index (χ3n) is 2.45. The van der Waals surface area contributed by atoms with Crippen molar-refractivity contribution in [3.05, 3.63) is 0 Å². The molecule has 2 N–H and O–H groups in total. The van der Waals surface area contributed by atoms with Crippen LogP contribution in [-0.2, 0) is 0 Å². The monoisotopic (exact) mass is 130 g/mol. The Bertz CT molecular complexity index is 109. The predicted molar refractivity (Wildman–Crippen MR) is 35.1 cm³/mol. The molecule has 0 unspecified atom stereocenters. The minimum absolute atomic E-state index is 0.122. The smallest absolute Gasteiger partial charge is 0.0669 e. The molecule has 9 heavy (non-hydrogen) atoms. The molecule has 0 aromatic carbocycles. The van der Waals surface area contributed by atoms with Crippen molar-refractivity contribution in [1.82, 2.24) is 0 Å². The first-order valence-electron chi connectivity index (χ1n) is 3.35. The summed E-state index contributed by atoms with van der Waals surface area (Å²) in [6.45, 7) is 3.64. The number of hydrogen-bond donors (Lipinski definition) is 2. The summed E-state index contributed by atoms with van der Waals surface area (Å²) in [5, 5.41) is 18.3. The lowest BCUT2D eigenvalue weighted by Gasteiger charge is -2.26.